The van der Waals surface area contributed by atoms with Crippen molar-refractivity contribution in [2.75, 3.05) is 50.2 Å². The Bertz CT molecular complexity index is 619. The summed E-state index contributed by atoms with van der Waals surface area (Å²) in [5.74, 6) is 2.34. The summed E-state index contributed by atoms with van der Waals surface area (Å²) < 4.78 is 5.79. The number of hydrogen-bond donors (Lipinski definition) is 0. The molecule has 0 aromatic carbocycles. The lowest BCUT2D eigenvalue weighted by molar-refractivity contribution is 0.123. The maximum absolute atomic E-state index is 5.79. The van der Waals surface area contributed by atoms with Crippen LogP contribution in [0.2, 0.25) is 0 Å². The Morgan fingerprint density at radius 3 is 2.96 bits per heavy atom. The van der Waals surface area contributed by atoms with Crippen LogP contribution < -0.4 is 9.80 Å². The fourth-order valence-electron chi connectivity index (χ4n) is 2.79. The van der Waals surface area contributed by atoms with E-state index in [9.17, 15) is 0 Å². The van der Waals surface area contributed by atoms with Crippen molar-refractivity contribution in [1.29, 1.82) is 0 Å². The maximum atomic E-state index is 5.79. The van der Waals surface area contributed by atoms with Crippen LogP contribution in [0.3, 0.4) is 0 Å². The Kier molecular flexibility index (Phi) is 5.02. The molecule has 0 spiro atoms. The van der Waals surface area contributed by atoms with Crippen molar-refractivity contribution in [2.24, 2.45) is 5.92 Å². The van der Waals surface area contributed by atoms with Gasteiger partial charge in [-0.2, -0.15) is 0 Å². The average molecular weight is 313 g/mol. The van der Waals surface area contributed by atoms with Crippen molar-refractivity contribution >= 4 is 11.6 Å². The van der Waals surface area contributed by atoms with Gasteiger partial charge in [-0.05, 0) is 18.6 Å². The fourth-order valence-corrected chi connectivity index (χ4v) is 2.79. The second-order valence-electron chi connectivity index (χ2n) is 6.04. The Morgan fingerprint density at radius 2 is 2.17 bits per heavy atom. The SMILES string of the molecule is CN(C)c1cc(C[C@@H]2COCCN(c3ccccn3)C2)ncn1. The predicted molar refractivity (Wildman–Crippen MR) is 90.8 cm³/mol. The van der Waals surface area contributed by atoms with E-state index in [0.29, 0.717) is 5.92 Å². The van der Waals surface area contributed by atoms with Crippen LogP contribution in [-0.4, -0.2) is 55.4 Å². The molecule has 6 heteroatoms. The van der Waals surface area contributed by atoms with Gasteiger partial charge in [0.25, 0.3) is 0 Å². The van der Waals surface area contributed by atoms with E-state index in [1.807, 2.05) is 37.3 Å². The van der Waals surface area contributed by atoms with Crippen LogP contribution in [0.1, 0.15) is 5.69 Å². The highest BCUT2D eigenvalue weighted by Crippen LogP contribution is 2.18. The number of rotatable bonds is 4. The molecular weight excluding hydrogens is 290 g/mol. The van der Waals surface area contributed by atoms with Crippen molar-refractivity contribution in [3.05, 3.63) is 42.5 Å². The molecule has 122 valence electrons. The highest BCUT2D eigenvalue weighted by molar-refractivity contribution is 5.39. The van der Waals surface area contributed by atoms with Gasteiger partial charge in [-0.3, -0.25) is 0 Å². The van der Waals surface area contributed by atoms with Gasteiger partial charge in [0.15, 0.2) is 0 Å². The third-order valence-corrected chi connectivity index (χ3v) is 3.98. The zero-order valence-corrected chi connectivity index (χ0v) is 13.7. The van der Waals surface area contributed by atoms with E-state index in [1.54, 1.807) is 6.33 Å². The Morgan fingerprint density at radius 1 is 1.26 bits per heavy atom. The van der Waals surface area contributed by atoms with E-state index < -0.39 is 0 Å². The van der Waals surface area contributed by atoms with Gasteiger partial charge in [0.2, 0.25) is 0 Å². The zero-order valence-electron chi connectivity index (χ0n) is 13.7. The molecule has 3 heterocycles. The summed E-state index contributed by atoms with van der Waals surface area (Å²) in [4.78, 5) is 17.4. The van der Waals surface area contributed by atoms with Gasteiger partial charge in [-0.25, -0.2) is 15.0 Å². The van der Waals surface area contributed by atoms with Gasteiger partial charge in [-0.1, -0.05) is 6.07 Å². The molecule has 1 fully saturated rings. The first kappa shape index (κ1) is 15.7. The van der Waals surface area contributed by atoms with Crippen molar-refractivity contribution < 1.29 is 4.74 Å². The third-order valence-electron chi connectivity index (χ3n) is 3.98. The summed E-state index contributed by atoms with van der Waals surface area (Å²) in [6.07, 6.45) is 4.36. The monoisotopic (exact) mass is 313 g/mol. The van der Waals surface area contributed by atoms with Crippen molar-refractivity contribution in [3.63, 3.8) is 0 Å². The Labute approximate surface area is 137 Å². The summed E-state index contributed by atoms with van der Waals surface area (Å²) in [7, 11) is 3.98. The van der Waals surface area contributed by atoms with Gasteiger partial charge < -0.3 is 14.5 Å². The fraction of sp³-hybridized carbons (Fsp3) is 0.471. The van der Waals surface area contributed by atoms with Crippen molar-refractivity contribution in [3.8, 4) is 0 Å². The lowest BCUT2D eigenvalue weighted by Gasteiger charge is -2.24. The van der Waals surface area contributed by atoms with Crippen LogP contribution in [0.5, 0.6) is 0 Å². The summed E-state index contributed by atoms with van der Waals surface area (Å²) in [5.41, 5.74) is 1.06. The minimum Gasteiger partial charge on any atom is -0.379 e. The van der Waals surface area contributed by atoms with Crippen molar-refractivity contribution in [1.82, 2.24) is 15.0 Å². The molecule has 0 aliphatic carbocycles. The average Bonchev–Trinajstić information content (AvgIpc) is 2.81. The lowest BCUT2D eigenvalue weighted by atomic mass is 10.0. The maximum Gasteiger partial charge on any atom is 0.131 e. The highest BCUT2D eigenvalue weighted by atomic mass is 16.5. The normalized spacial score (nSPS) is 18.5. The molecule has 2 aromatic rings. The van der Waals surface area contributed by atoms with Crippen LogP contribution >= 0.6 is 0 Å². The minimum atomic E-state index is 0.393. The van der Waals surface area contributed by atoms with Crippen LogP contribution in [-0.2, 0) is 11.2 Å². The molecule has 0 radical (unpaired) electrons. The summed E-state index contributed by atoms with van der Waals surface area (Å²) in [6, 6.07) is 8.07. The topological polar surface area (TPSA) is 54.4 Å². The quantitative estimate of drug-likeness (QED) is 0.855. The molecule has 2 aromatic heterocycles. The minimum absolute atomic E-state index is 0.393. The largest absolute Gasteiger partial charge is 0.379 e. The number of aromatic nitrogens is 3. The molecule has 0 N–H and O–H groups in total. The van der Waals surface area contributed by atoms with E-state index in [0.717, 1.165) is 50.1 Å². The number of ether oxygens (including phenoxy) is 1. The number of hydrogen-bond acceptors (Lipinski definition) is 6. The molecule has 6 nitrogen and oxygen atoms in total. The van der Waals surface area contributed by atoms with E-state index >= 15 is 0 Å². The molecule has 0 saturated carbocycles. The second kappa shape index (κ2) is 7.37. The van der Waals surface area contributed by atoms with E-state index in [2.05, 4.69) is 32.0 Å². The summed E-state index contributed by atoms with van der Waals surface area (Å²) in [5, 5.41) is 0. The summed E-state index contributed by atoms with van der Waals surface area (Å²) in [6.45, 7) is 3.29. The van der Waals surface area contributed by atoms with Gasteiger partial charge in [0, 0.05) is 51.1 Å². The smallest absolute Gasteiger partial charge is 0.131 e. The Balaban J connectivity index is 1.70. The van der Waals surface area contributed by atoms with Gasteiger partial charge in [0.1, 0.15) is 18.0 Å². The Hall–Kier alpha value is -2.21. The molecule has 23 heavy (non-hydrogen) atoms. The highest BCUT2D eigenvalue weighted by Gasteiger charge is 2.20. The van der Waals surface area contributed by atoms with Crippen LogP contribution in [0.4, 0.5) is 11.6 Å². The summed E-state index contributed by atoms with van der Waals surface area (Å²) >= 11 is 0. The molecule has 1 aliphatic heterocycles. The number of anilines is 2. The predicted octanol–water partition coefficient (Wildman–Crippen LogP) is 1.63. The number of nitrogens with zero attached hydrogens (tertiary/aromatic N) is 5. The molecule has 3 rings (SSSR count). The van der Waals surface area contributed by atoms with Gasteiger partial charge in [0.05, 0.1) is 13.2 Å². The van der Waals surface area contributed by atoms with Gasteiger partial charge in [-0.15, -0.1) is 0 Å². The lowest BCUT2D eigenvalue weighted by Crippen LogP contribution is -2.31. The standard InChI is InChI=1S/C17H23N5O/c1-21(2)17-10-15(19-13-20-17)9-14-11-22(7-8-23-12-14)16-5-3-4-6-18-16/h3-6,10,13-14H,7-9,11-12H2,1-2H3/t14-/m0/s1. The first-order valence-electron chi connectivity index (χ1n) is 7.94. The van der Waals surface area contributed by atoms with Crippen molar-refractivity contribution in [2.45, 2.75) is 6.42 Å². The van der Waals surface area contributed by atoms with E-state index in [-0.39, 0.29) is 0 Å². The van der Waals surface area contributed by atoms with Crippen LogP contribution in [0.25, 0.3) is 0 Å². The zero-order chi connectivity index (χ0) is 16.1. The molecule has 0 unspecified atom stereocenters. The second-order valence-corrected chi connectivity index (χ2v) is 6.04. The van der Waals surface area contributed by atoms with E-state index in [4.69, 9.17) is 4.74 Å². The molecule has 1 aliphatic rings. The van der Waals surface area contributed by atoms with E-state index in [1.165, 1.54) is 0 Å². The van der Waals surface area contributed by atoms with Crippen LogP contribution in [0, 0.1) is 5.92 Å². The third kappa shape index (κ3) is 4.16. The first-order valence-corrected chi connectivity index (χ1v) is 7.94. The molecule has 0 bridgehead atoms. The van der Waals surface area contributed by atoms with Crippen LogP contribution in [0.15, 0.2) is 36.8 Å². The van der Waals surface area contributed by atoms with Gasteiger partial charge >= 0.3 is 0 Å². The molecule has 1 atom stereocenters. The first-order chi connectivity index (χ1) is 11.2. The molecule has 0 amide bonds. The number of pyridine rings is 1. The molecular formula is C17H23N5O. The molecule has 1 saturated heterocycles.